The van der Waals surface area contributed by atoms with Gasteiger partial charge < -0.3 is 18.9 Å². The molecule has 2 fully saturated rings. The van der Waals surface area contributed by atoms with E-state index in [0.717, 1.165) is 32.1 Å². The third kappa shape index (κ3) is 4.89. The maximum Gasteiger partial charge on any atom is 0.311 e. The van der Waals surface area contributed by atoms with E-state index in [0.29, 0.717) is 13.2 Å². The summed E-state index contributed by atoms with van der Waals surface area (Å²) in [5.41, 5.74) is 1.17. The van der Waals surface area contributed by atoms with Gasteiger partial charge in [-0.1, -0.05) is 37.3 Å². The highest BCUT2D eigenvalue weighted by molar-refractivity contribution is 5.72. The fourth-order valence-electron chi connectivity index (χ4n) is 4.29. The molecule has 1 saturated heterocycles. The predicted molar refractivity (Wildman–Crippen MR) is 102 cm³/mol. The Morgan fingerprint density at radius 1 is 1.22 bits per heavy atom. The lowest BCUT2D eigenvalue weighted by molar-refractivity contribution is -0.340. The van der Waals surface area contributed by atoms with Gasteiger partial charge in [-0.2, -0.15) is 0 Å². The fourth-order valence-corrected chi connectivity index (χ4v) is 4.29. The fraction of sp³-hybridized carbons (Fsp3) is 0.682. The summed E-state index contributed by atoms with van der Waals surface area (Å²) in [5, 5.41) is 0. The van der Waals surface area contributed by atoms with Gasteiger partial charge in [-0.15, -0.1) is 0 Å². The van der Waals surface area contributed by atoms with Gasteiger partial charge in [0, 0.05) is 25.4 Å². The van der Waals surface area contributed by atoms with Crippen LogP contribution in [0.2, 0.25) is 0 Å². The van der Waals surface area contributed by atoms with E-state index in [1.807, 2.05) is 25.1 Å². The second-order valence-electron chi connectivity index (χ2n) is 7.85. The highest BCUT2D eigenvalue weighted by Gasteiger charge is 2.50. The molecule has 1 aliphatic heterocycles. The van der Waals surface area contributed by atoms with Gasteiger partial charge in [0.05, 0.1) is 31.8 Å². The van der Waals surface area contributed by atoms with Gasteiger partial charge in [0.15, 0.2) is 5.79 Å². The van der Waals surface area contributed by atoms with E-state index < -0.39 is 5.79 Å². The molecule has 1 aromatic rings. The molecule has 5 nitrogen and oxygen atoms in total. The summed E-state index contributed by atoms with van der Waals surface area (Å²) in [7, 11) is 1.43. The van der Waals surface area contributed by atoms with Gasteiger partial charge >= 0.3 is 5.97 Å². The maximum atomic E-state index is 12.1. The van der Waals surface area contributed by atoms with E-state index in [4.69, 9.17) is 18.9 Å². The highest BCUT2D eigenvalue weighted by atomic mass is 16.7. The lowest BCUT2D eigenvalue weighted by atomic mass is 9.85. The van der Waals surface area contributed by atoms with Gasteiger partial charge in [0.1, 0.15) is 0 Å². The van der Waals surface area contributed by atoms with Crippen molar-refractivity contribution in [3.63, 3.8) is 0 Å². The number of ether oxygens (including phenoxy) is 4. The van der Waals surface area contributed by atoms with Crippen molar-refractivity contribution in [2.24, 2.45) is 11.8 Å². The first-order chi connectivity index (χ1) is 13.0. The Bertz CT molecular complexity index is 596. The SMILES string of the molecule is COC(=O)[C@H](C)[C@H]1OC2(CCCC2)O[C@@H](CCOCc2ccccc2)[C@@H]1C. The molecule has 0 N–H and O–H groups in total. The van der Waals surface area contributed by atoms with Crippen LogP contribution in [0.15, 0.2) is 30.3 Å². The van der Waals surface area contributed by atoms with Crippen molar-refractivity contribution in [2.75, 3.05) is 13.7 Å². The van der Waals surface area contributed by atoms with Crippen molar-refractivity contribution in [3.8, 4) is 0 Å². The number of rotatable bonds is 7. The molecule has 0 aromatic heterocycles. The van der Waals surface area contributed by atoms with Crippen LogP contribution in [0.25, 0.3) is 0 Å². The topological polar surface area (TPSA) is 54.0 Å². The minimum atomic E-state index is -0.538. The van der Waals surface area contributed by atoms with Crippen molar-refractivity contribution < 1.29 is 23.7 Å². The summed E-state index contributed by atoms with van der Waals surface area (Å²) in [6, 6.07) is 10.2. The number of hydrogen-bond acceptors (Lipinski definition) is 5. The van der Waals surface area contributed by atoms with E-state index in [1.54, 1.807) is 0 Å². The molecule has 1 aliphatic carbocycles. The summed E-state index contributed by atoms with van der Waals surface area (Å²) >= 11 is 0. The van der Waals surface area contributed by atoms with E-state index >= 15 is 0 Å². The molecule has 0 bridgehead atoms. The molecule has 2 aliphatic rings. The van der Waals surface area contributed by atoms with Crippen molar-refractivity contribution in [2.45, 2.75) is 70.6 Å². The summed E-state index contributed by atoms with van der Waals surface area (Å²) in [4.78, 5) is 12.1. The van der Waals surface area contributed by atoms with Crippen LogP contribution in [-0.4, -0.2) is 37.7 Å². The first kappa shape index (κ1) is 20.3. The van der Waals surface area contributed by atoms with Gasteiger partial charge in [-0.3, -0.25) is 4.79 Å². The number of esters is 1. The van der Waals surface area contributed by atoms with E-state index in [1.165, 1.54) is 12.7 Å². The van der Waals surface area contributed by atoms with Crippen LogP contribution in [0.4, 0.5) is 0 Å². The summed E-state index contributed by atoms with van der Waals surface area (Å²) in [6.45, 7) is 5.22. The molecule has 1 saturated carbocycles. The Morgan fingerprint density at radius 2 is 1.93 bits per heavy atom. The Hall–Kier alpha value is -1.43. The molecule has 0 unspecified atom stereocenters. The number of carbonyl (C=O) groups excluding carboxylic acids is 1. The third-order valence-corrected chi connectivity index (χ3v) is 5.91. The molecule has 0 amide bonds. The molecule has 4 atom stereocenters. The molecule has 3 rings (SSSR count). The van der Waals surface area contributed by atoms with Crippen LogP contribution >= 0.6 is 0 Å². The maximum absolute atomic E-state index is 12.1. The Balaban J connectivity index is 1.60. The predicted octanol–water partition coefficient (Wildman–Crippen LogP) is 4.09. The average molecular weight is 376 g/mol. The van der Waals surface area contributed by atoms with Crippen molar-refractivity contribution in [1.29, 1.82) is 0 Å². The zero-order chi connectivity index (χ0) is 19.3. The van der Waals surface area contributed by atoms with Crippen molar-refractivity contribution in [3.05, 3.63) is 35.9 Å². The van der Waals surface area contributed by atoms with Crippen LogP contribution in [0.5, 0.6) is 0 Å². The molecular formula is C22H32O5. The molecule has 1 heterocycles. The largest absolute Gasteiger partial charge is 0.469 e. The first-order valence-electron chi connectivity index (χ1n) is 10.1. The zero-order valence-corrected chi connectivity index (χ0v) is 16.7. The first-order valence-corrected chi connectivity index (χ1v) is 10.1. The van der Waals surface area contributed by atoms with Crippen molar-refractivity contribution >= 4 is 5.97 Å². The molecule has 1 aromatic carbocycles. The van der Waals surface area contributed by atoms with E-state index in [2.05, 4.69) is 19.1 Å². The highest BCUT2D eigenvalue weighted by Crippen LogP contribution is 2.44. The van der Waals surface area contributed by atoms with Crippen LogP contribution < -0.4 is 0 Å². The van der Waals surface area contributed by atoms with E-state index in [9.17, 15) is 4.79 Å². The zero-order valence-electron chi connectivity index (χ0n) is 16.7. The lowest BCUT2D eigenvalue weighted by Crippen LogP contribution is -2.55. The molecular weight excluding hydrogens is 344 g/mol. The second-order valence-corrected chi connectivity index (χ2v) is 7.85. The lowest BCUT2D eigenvalue weighted by Gasteiger charge is -2.48. The Kier molecular flexibility index (Phi) is 6.90. The molecule has 150 valence electrons. The number of carbonyl (C=O) groups is 1. The minimum absolute atomic E-state index is 0.0183. The van der Waals surface area contributed by atoms with Gasteiger partial charge in [-0.05, 0) is 31.7 Å². The Labute approximate surface area is 162 Å². The van der Waals surface area contributed by atoms with E-state index in [-0.39, 0.29) is 30.0 Å². The smallest absolute Gasteiger partial charge is 0.311 e. The molecule has 1 spiro atoms. The molecule has 5 heteroatoms. The van der Waals surface area contributed by atoms with Crippen LogP contribution in [0.3, 0.4) is 0 Å². The average Bonchev–Trinajstić information content (AvgIpc) is 3.15. The van der Waals surface area contributed by atoms with Crippen LogP contribution in [0, 0.1) is 11.8 Å². The number of benzene rings is 1. The Morgan fingerprint density at radius 3 is 2.59 bits per heavy atom. The van der Waals surface area contributed by atoms with Crippen LogP contribution in [0.1, 0.15) is 51.5 Å². The van der Waals surface area contributed by atoms with Crippen molar-refractivity contribution in [1.82, 2.24) is 0 Å². The van der Waals surface area contributed by atoms with Crippen LogP contribution in [-0.2, 0) is 30.3 Å². The second kappa shape index (κ2) is 9.18. The van der Waals surface area contributed by atoms with Gasteiger partial charge in [0.2, 0.25) is 0 Å². The normalized spacial score (nSPS) is 28.2. The number of hydrogen-bond donors (Lipinski definition) is 0. The standard InChI is InChI=1S/C22H32O5/c1-16-19(11-14-25-15-18-9-5-4-6-10-18)26-22(12-7-8-13-22)27-20(16)17(2)21(23)24-3/h4-6,9-10,16-17,19-20H,7-8,11-15H2,1-3H3/t16-,17+,19-,20-/m0/s1. The monoisotopic (exact) mass is 376 g/mol. The molecule has 27 heavy (non-hydrogen) atoms. The van der Waals surface area contributed by atoms with Gasteiger partial charge in [-0.25, -0.2) is 0 Å². The van der Waals surface area contributed by atoms with Gasteiger partial charge in [0.25, 0.3) is 0 Å². The quantitative estimate of drug-likeness (QED) is 0.530. The summed E-state index contributed by atoms with van der Waals surface area (Å²) in [6.07, 6.45) is 4.62. The molecule has 0 radical (unpaired) electrons. The third-order valence-electron chi connectivity index (χ3n) is 5.91. The summed E-state index contributed by atoms with van der Waals surface area (Å²) in [5.74, 6) is -0.963. The summed E-state index contributed by atoms with van der Waals surface area (Å²) < 4.78 is 23.6. The number of methoxy groups -OCH3 is 1. The minimum Gasteiger partial charge on any atom is -0.469 e.